The van der Waals surface area contributed by atoms with Gasteiger partial charge >= 0.3 is 0 Å². The lowest BCUT2D eigenvalue weighted by molar-refractivity contribution is 0.768. The Morgan fingerprint density at radius 1 is 0.254 bits per heavy atom. The molecule has 0 bridgehead atoms. The Labute approximate surface area is 366 Å². The summed E-state index contributed by atoms with van der Waals surface area (Å²) in [4.78, 5) is 16.1. The van der Waals surface area contributed by atoms with E-state index in [0.29, 0.717) is 17.5 Å². The van der Waals surface area contributed by atoms with Gasteiger partial charge in [0.2, 0.25) is 0 Å². The van der Waals surface area contributed by atoms with Crippen LogP contribution in [0.15, 0.2) is 237 Å². The molecule has 0 N–H and O–H groups in total. The highest BCUT2D eigenvalue weighted by Crippen LogP contribution is 2.56. The van der Waals surface area contributed by atoms with E-state index in [4.69, 9.17) is 15.0 Å². The Morgan fingerprint density at radius 3 is 1.51 bits per heavy atom. The topological polar surface area (TPSA) is 38.7 Å². The van der Waals surface area contributed by atoms with Crippen LogP contribution >= 0.6 is 0 Å². The molecule has 1 aliphatic rings. The van der Waals surface area contributed by atoms with Crippen molar-refractivity contribution in [2.75, 3.05) is 0 Å². The van der Waals surface area contributed by atoms with Crippen LogP contribution in [0.1, 0.15) is 22.3 Å². The first-order chi connectivity index (χ1) is 31.2. The summed E-state index contributed by atoms with van der Waals surface area (Å²) in [6, 6.07) is 84.8. The predicted molar refractivity (Wildman–Crippen MR) is 259 cm³/mol. The molecule has 0 fully saturated rings. The molecular weight excluding hydrogens is 763 g/mol. The van der Waals surface area contributed by atoms with Crippen molar-refractivity contribution in [2.24, 2.45) is 0 Å². The molecule has 0 amide bonds. The summed E-state index contributed by atoms with van der Waals surface area (Å²) in [5.41, 5.74) is 14.1. The van der Waals surface area contributed by atoms with Crippen LogP contribution in [0, 0.1) is 0 Å². The number of benzene rings is 10. The molecule has 1 aromatic heterocycles. The van der Waals surface area contributed by atoms with Crippen molar-refractivity contribution in [3.63, 3.8) is 0 Å². The van der Waals surface area contributed by atoms with Crippen LogP contribution in [-0.2, 0) is 5.41 Å². The van der Waals surface area contributed by atoms with E-state index >= 15 is 0 Å². The molecule has 63 heavy (non-hydrogen) atoms. The lowest BCUT2D eigenvalue weighted by atomic mass is 9.67. The second-order valence-corrected chi connectivity index (χ2v) is 16.3. The smallest absolute Gasteiger partial charge is 0.164 e. The number of rotatable bonds is 7. The van der Waals surface area contributed by atoms with E-state index in [1.54, 1.807) is 0 Å². The lowest BCUT2D eigenvalue weighted by Crippen LogP contribution is -2.28. The molecule has 0 unspecified atom stereocenters. The van der Waals surface area contributed by atoms with Crippen molar-refractivity contribution >= 4 is 21.5 Å². The van der Waals surface area contributed by atoms with E-state index in [-0.39, 0.29) is 0 Å². The Bertz CT molecular complexity index is 3470. The second-order valence-electron chi connectivity index (χ2n) is 16.3. The monoisotopic (exact) mass is 801 g/mol. The third-order valence-electron chi connectivity index (χ3n) is 12.8. The maximum atomic E-state index is 5.40. The van der Waals surface area contributed by atoms with Crippen molar-refractivity contribution in [1.29, 1.82) is 0 Å². The fourth-order valence-electron chi connectivity index (χ4n) is 9.91. The SMILES string of the molecule is c1ccc(-c2ccccc2-c2nc(-c3ccc4c(c3)C(c3ccccc3)(c3ccccc3)c3ccccc3-4)nc(-c3ccc4cccc(-c5ccc6ccccc6c5)c4c3)n2)cc1. The molecule has 0 atom stereocenters. The average molecular weight is 802 g/mol. The van der Waals surface area contributed by atoms with Crippen LogP contribution in [0.25, 0.3) is 89.1 Å². The van der Waals surface area contributed by atoms with E-state index in [9.17, 15) is 0 Å². The van der Waals surface area contributed by atoms with Crippen LogP contribution < -0.4 is 0 Å². The molecule has 294 valence electrons. The fraction of sp³-hybridized carbons (Fsp3) is 0.0167. The molecule has 0 saturated carbocycles. The van der Waals surface area contributed by atoms with Crippen LogP contribution in [0.5, 0.6) is 0 Å². The Balaban J connectivity index is 1.09. The first kappa shape index (κ1) is 36.6. The van der Waals surface area contributed by atoms with Crippen LogP contribution in [0.3, 0.4) is 0 Å². The summed E-state index contributed by atoms with van der Waals surface area (Å²) in [5.74, 6) is 1.86. The molecule has 3 nitrogen and oxygen atoms in total. The van der Waals surface area contributed by atoms with Gasteiger partial charge in [0, 0.05) is 16.7 Å². The van der Waals surface area contributed by atoms with Gasteiger partial charge < -0.3 is 0 Å². The maximum absolute atomic E-state index is 5.40. The summed E-state index contributed by atoms with van der Waals surface area (Å²) < 4.78 is 0. The molecule has 0 radical (unpaired) electrons. The minimum absolute atomic E-state index is 0.555. The van der Waals surface area contributed by atoms with Gasteiger partial charge in [0.05, 0.1) is 5.41 Å². The van der Waals surface area contributed by atoms with Gasteiger partial charge in [-0.2, -0.15) is 0 Å². The van der Waals surface area contributed by atoms with Crippen LogP contribution in [0.2, 0.25) is 0 Å². The Morgan fingerprint density at radius 2 is 0.762 bits per heavy atom. The molecule has 0 aliphatic heterocycles. The van der Waals surface area contributed by atoms with Gasteiger partial charge in [0.1, 0.15) is 0 Å². The number of fused-ring (bicyclic) bond motifs is 5. The van der Waals surface area contributed by atoms with Crippen LogP contribution in [0.4, 0.5) is 0 Å². The molecule has 1 aliphatic carbocycles. The van der Waals surface area contributed by atoms with E-state index in [2.05, 4.69) is 231 Å². The second kappa shape index (κ2) is 15.0. The van der Waals surface area contributed by atoms with Gasteiger partial charge in [0.25, 0.3) is 0 Å². The van der Waals surface area contributed by atoms with Gasteiger partial charge in [-0.15, -0.1) is 0 Å². The summed E-state index contributed by atoms with van der Waals surface area (Å²) in [5, 5.41) is 4.74. The number of hydrogen-bond acceptors (Lipinski definition) is 3. The number of aromatic nitrogens is 3. The molecule has 11 aromatic rings. The maximum Gasteiger partial charge on any atom is 0.164 e. The summed E-state index contributed by atoms with van der Waals surface area (Å²) >= 11 is 0. The zero-order valence-electron chi connectivity index (χ0n) is 34.4. The van der Waals surface area contributed by atoms with Crippen molar-refractivity contribution in [1.82, 2.24) is 15.0 Å². The average Bonchev–Trinajstić information content (AvgIpc) is 3.67. The van der Waals surface area contributed by atoms with Crippen LogP contribution in [-0.4, -0.2) is 15.0 Å². The molecule has 0 spiro atoms. The van der Waals surface area contributed by atoms with Crippen molar-refractivity contribution in [3.05, 3.63) is 259 Å². The highest BCUT2D eigenvalue weighted by Gasteiger charge is 2.46. The zero-order valence-corrected chi connectivity index (χ0v) is 34.4. The first-order valence-electron chi connectivity index (χ1n) is 21.5. The molecule has 1 heterocycles. The Hall–Kier alpha value is -8.27. The standard InChI is InChI=1S/C60H39N3/c1-4-18-41(19-5-1)49-26-12-13-28-53(49)59-62-57(45-34-32-42-21-16-29-50(54(42)38-45)44-33-31-40-17-10-11-20-43(40)37-44)61-58(63-59)46-35-36-52-51-27-14-15-30-55(51)60(56(52)39-46,47-22-6-2-7-23-47)48-24-8-3-9-25-48/h1-39H. The molecule has 3 heteroatoms. The zero-order chi connectivity index (χ0) is 41.7. The van der Waals surface area contributed by atoms with Gasteiger partial charge in [0.15, 0.2) is 17.5 Å². The van der Waals surface area contributed by atoms with E-state index in [0.717, 1.165) is 38.6 Å². The minimum Gasteiger partial charge on any atom is -0.208 e. The van der Waals surface area contributed by atoms with Gasteiger partial charge in [-0.25, -0.2) is 15.0 Å². The largest absolute Gasteiger partial charge is 0.208 e. The number of nitrogens with zero attached hydrogens (tertiary/aromatic N) is 3. The third kappa shape index (κ3) is 6.08. The van der Waals surface area contributed by atoms with Crippen molar-refractivity contribution < 1.29 is 0 Å². The lowest BCUT2D eigenvalue weighted by Gasteiger charge is -2.34. The summed E-state index contributed by atoms with van der Waals surface area (Å²) in [7, 11) is 0. The molecule has 10 aromatic carbocycles. The van der Waals surface area contributed by atoms with E-state index in [1.165, 1.54) is 55.3 Å². The minimum atomic E-state index is -0.555. The van der Waals surface area contributed by atoms with Gasteiger partial charge in [-0.3, -0.25) is 0 Å². The van der Waals surface area contributed by atoms with Gasteiger partial charge in [-0.05, 0) is 95.4 Å². The highest BCUT2D eigenvalue weighted by molar-refractivity contribution is 6.01. The van der Waals surface area contributed by atoms with E-state index in [1.807, 2.05) is 6.07 Å². The highest BCUT2D eigenvalue weighted by atomic mass is 15.0. The molecule has 12 rings (SSSR count). The first-order valence-corrected chi connectivity index (χ1v) is 21.5. The van der Waals surface area contributed by atoms with Gasteiger partial charge in [-0.1, -0.05) is 218 Å². The molecular formula is C60H39N3. The fourth-order valence-corrected chi connectivity index (χ4v) is 9.91. The molecule has 0 saturated heterocycles. The third-order valence-corrected chi connectivity index (χ3v) is 12.8. The summed E-state index contributed by atoms with van der Waals surface area (Å²) in [6.45, 7) is 0. The summed E-state index contributed by atoms with van der Waals surface area (Å²) in [6.07, 6.45) is 0. The van der Waals surface area contributed by atoms with Crippen molar-refractivity contribution in [2.45, 2.75) is 5.41 Å². The van der Waals surface area contributed by atoms with Crippen molar-refractivity contribution in [3.8, 4) is 67.5 Å². The predicted octanol–water partition coefficient (Wildman–Crippen LogP) is 14.9. The quantitative estimate of drug-likeness (QED) is 0.161. The number of hydrogen-bond donors (Lipinski definition) is 0. The normalized spacial score (nSPS) is 12.6. The Kier molecular flexibility index (Phi) is 8.72. The van der Waals surface area contributed by atoms with E-state index < -0.39 is 5.41 Å².